The number of halogens is 1. The zero-order chi connectivity index (χ0) is 19.8. The van der Waals surface area contributed by atoms with E-state index in [2.05, 4.69) is 15.6 Å². The van der Waals surface area contributed by atoms with Crippen molar-refractivity contribution < 1.29 is 4.74 Å². The van der Waals surface area contributed by atoms with Gasteiger partial charge in [-0.2, -0.15) is 0 Å². The third-order valence-electron chi connectivity index (χ3n) is 4.28. The summed E-state index contributed by atoms with van der Waals surface area (Å²) in [4.78, 5) is 27.6. The van der Waals surface area contributed by atoms with E-state index in [-0.39, 0.29) is 0 Å². The molecule has 0 bridgehead atoms. The number of hydrogen-bond donors (Lipinski definition) is 2. The van der Waals surface area contributed by atoms with Gasteiger partial charge >= 0.3 is 0 Å². The van der Waals surface area contributed by atoms with Gasteiger partial charge in [-0.05, 0) is 49.2 Å². The maximum Gasteiger partial charge on any atom is 0.253 e. The van der Waals surface area contributed by atoms with Crippen LogP contribution < -0.4 is 26.2 Å². The van der Waals surface area contributed by atoms with Crippen molar-refractivity contribution in [2.75, 3.05) is 23.8 Å². The van der Waals surface area contributed by atoms with E-state index >= 15 is 0 Å². The Kier molecular flexibility index (Phi) is 7.03. The number of benzene rings is 1. The molecule has 0 saturated heterocycles. The van der Waals surface area contributed by atoms with Gasteiger partial charge in [0.2, 0.25) is 0 Å². The van der Waals surface area contributed by atoms with E-state index in [1.165, 1.54) is 0 Å². The molecule has 3 rings (SSSR count). The fourth-order valence-electron chi connectivity index (χ4n) is 2.76. The minimum Gasteiger partial charge on any atom is -0.494 e. The van der Waals surface area contributed by atoms with Crippen LogP contribution in [0.15, 0.2) is 58.3 Å². The summed E-state index contributed by atoms with van der Waals surface area (Å²) >= 11 is 5.84. The molecule has 0 fully saturated rings. The molecule has 7 heteroatoms. The second-order valence-corrected chi connectivity index (χ2v) is 6.83. The number of unbranched alkanes of at least 4 members (excludes halogenated alkanes) is 3. The lowest BCUT2D eigenvalue weighted by Crippen LogP contribution is -2.36. The summed E-state index contributed by atoms with van der Waals surface area (Å²) in [6.45, 7) is 1.30. The van der Waals surface area contributed by atoms with E-state index in [9.17, 15) is 9.59 Å². The van der Waals surface area contributed by atoms with Crippen molar-refractivity contribution in [3.63, 3.8) is 0 Å². The van der Waals surface area contributed by atoms with Crippen molar-refractivity contribution in [1.29, 1.82) is 0 Å². The van der Waals surface area contributed by atoms with Gasteiger partial charge in [0, 0.05) is 17.8 Å². The second-order valence-electron chi connectivity index (χ2n) is 6.39. The lowest BCUT2D eigenvalue weighted by molar-refractivity contribution is 0.305. The Morgan fingerprint density at radius 1 is 0.893 bits per heavy atom. The number of anilines is 3. The number of pyridine rings is 1. The first-order valence-electron chi connectivity index (χ1n) is 9.29. The summed E-state index contributed by atoms with van der Waals surface area (Å²) in [7, 11) is 0. The summed E-state index contributed by atoms with van der Waals surface area (Å²) in [5.41, 5.74) is -0.343. The highest BCUT2D eigenvalue weighted by Gasteiger charge is 2.20. The van der Waals surface area contributed by atoms with Gasteiger partial charge in [0.05, 0.1) is 6.61 Å². The van der Waals surface area contributed by atoms with Gasteiger partial charge in [-0.25, -0.2) is 4.98 Å². The van der Waals surface area contributed by atoms with Crippen LogP contribution in [-0.4, -0.2) is 18.1 Å². The van der Waals surface area contributed by atoms with E-state index in [0.717, 1.165) is 31.4 Å². The minimum atomic E-state index is -0.507. The zero-order valence-corrected chi connectivity index (χ0v) is 16.2. The van der Waals surface area contributed by atoms with Crippen molar-refractivity contribution in [2.45, 2.75) is 25.7 Å². The number of nitrogens with zero attached hydrogens (tertiary/aromatic N) is 1. The van der Waals surface area contributed by atoms with Gasteiger partial charge in [-0.3, -0.25) is 9.59 Å². The molecular weight excluding hydrogens is 378 g/mol. The molecule has 0 aliphatic rings. The average Bonchev–Trinajstić information content (AvgIpc) is 2.73. The zero-order valence-electron chi connectivity index (χ0n) is 15.4. The summed E-state index contributed by atoms with van der Waals surface area (Å²) < 4.78 is 5.65. The number of rotatable bonds is 11. The van der Waals surface area contributed by atoms with Crippen LogP contribution in [0.25, 0.3) is 0 Å². The standard InChI is InChI=1S/C21H22ClN3O3/c22-15-8-10-16(11-9-15)28-14-6-2-1-4-13-24-18-19(21(27)20(18)26)25-17-7-3-5-12-23-17/h3,5,7-12,24H,1-2,4,6,13-14H2,(H,23,25). The Hall–Kier alpha value is -2.86. The molecular formula is C21H22ClN3O3. The Bertz CT molecular complexity index is 951. The molecule has 0 aliphatic heterocycles. The maximum absolute atomic E-state index is 11.8. The molecule has 2 N–H and O–H groups in total. The predicted molar refractivity (Wildman–Crippen MR) is 113 cm³/mol. The van der Waals surface area contributed by atoms with Gasteiger partial charge in [-0.15, -0.1) is 0 Å². The number of hydrogen-bond acceptors (Lipinski definition) is 6. The van der Waals surface area contributed by atoms with E-state index < -0.39 is 10.9 Å². The van der Waals surface area contributed by atoms with Crippen LogP contribution in [0.1, 0.15) is 25.7 Å². The fraction of sp³-hybridized carbons (Fsp3) is 0.286. The molecule has 3 aromatic rings. The number of aromatic nitrogens is 1. The maximum atomic E-state index is 11.8. The molecule has 0 atom stereocenters. The SMILES string of the molecule is O=c1c(NCCCCCCOc2ccc(Cl)cc2)c(Nc2ccccn2)c1=O. The summed E-state index contributed by atoms with van der Waals surface area (Å²) in [5, 5.41) is 6.67. The van der Waals surface area contributed by atoms with E-state index in [4.69, 9.17) is 16.3 Å². The molecule has 1 heterocycles. The molecule has 146 valence electrons. The topological polar surface area (TPSA) is 80.3 Å². The third-order valence-corrected chi connectivity index (χ3v) is 4.54. The first-order chi connectivity index (χ1) is 13.6. The molecule has 0 aliphatic carbocycles. The van der Waals surface area contributed by atoms with Crippen molar-refractivity contribution in [3.8, 4) is 5.75 Å². The first kappa shape index (κ1) is 19.9. The smallest absolute Gasteiger partial charge is 0.253 e. The number of ether oxygens (including phenoxy) is 1. The normalized spacial score (nSPS) is 10.8. The van der Waals surface area contributed by atoms with E-state index in [1.807, 2.05) is 18.2 Å². The quantitative estimate of drug-likeness (QED) is 0.373. The largest absolute Gasteiger partial charge is 0.494 e. The molecule has 0 spiro atoms. The highest BCUT2D eigenvalue weighted by Crippen LogP contribution is 2.19. The Balaban J connectivity index is 1.32. The minimum absolute atomic E-state index is 0.292. The van der Waals surface area contributed by atoms with Crippen molar-refractivity contribution >= 4 is 28.8 Å². The van der Waals surface area contributed by atoms with Crippen molar-refractivity contribution in [3.05, 3.63) is 74.1 Å². The molecule has 6 nitrogen and oxygen atoms in total. The average molecular weight is 400 g/mol. The molecule has 28 heavy (non-hydrogen) atoms. The lowest BCUT2D eigenvalue weighted by Gasteiger charge is -2.14. The molecule has 0 radical (unpaired) electrons. The summed E-state index contributed by atoms with van der Waals surface area (Å²) in [6.07, 6.45) is 5.52. The Morgan fingerprint density at radius 3 is 2.39 bits per heavy atom. The van der Waals surface area contributed by atoms with Crippen LogP contribution in [0.4, 0.5) is 17.2 Å². The van der Waals surface area contributed by atoms with Crippen LogP contribution in [0.2, 0.25) is 5.02 Å². The van der Waals surface area contributed by atoms with Crippen LogP contribution in [0, 0.1) is 0 Å². The molecule has 2 aromatic carbocycles. The van der Waals surface area contributed by atoms with Crippen molar-refractivity contribution in [2.24, 2.45) is 0 Å². The van der Waals surface area contributed by atoms with Crippen LogP contribution in [0.5, 0.6) is 5.75 Å². The third kappa shape index (κ3) is 5.33. The number of nitrogens with one attached hydrogen (secondary N) is 2. The van der Waals surface area contributed by atoms with Gasteiger partial charge in [0.25, 0.3) is 10.9 Å². The molecule has 0 unspecified atom stereocenters. The first-order valence-corrected chi connectivity index (χ1v) is 9.66. The van der Waals surface area contributed by atoms with Gasteiger partial charge in [-0.1, -0.05) is 30.5 Å². The monoisotopic (exact) mass is 399 g/mol. The fourth-order valence-corrected chi connectivity index (χ4v) is 2.89. The van der Waals surface area contributed by atoms with Gasteiger partial charge < -0.3 is 15.4 Å². The van der Waals surface area contributed by atoms with Crippen LogP contribution in [0.3, 0.4) is 0 Å². The highest BCUT2D eigenvalue weighted by atomic mass is 35.5. The van der Waals surface area contributed by atoms with Gasteiger partial charge in [0.15, 0.2) is 0 Å². The summed E-state index contributed by atoms with van der Waals surface area (Å²) in [6, 6.07) is 12.7. The molecule has 1 aromatic heterocycles. The Labute approximate surface area is 168 Å². The van der Waals surface area contributed by atoms with E-state index in [1.54, 1.807) is 30.5 Å². The summed E-state index contributed by atoms with van der Waals surface area (Å²) in [5.74, 6) is 1.36. The second kappa shape index (κ2) is 9.90. The lowest BCUT2D eigenvalue weighted by atomic mass is 10.1. The Morgan fingerprint density at radius 2 is 1.64 bits per heavy atom. The van der Waals surface area contributed by atoms with Crippen LogP contribution >= 0.6 is 11.6 Å². The molecule has 0 amide bonds. The van der Waals surface area contributed by atoms with E-state index in [0.29, 0.717) is 35.4 Å². The highest BCUT2D eigenvalue weighted by molar-refractivity contribution is 6.30. The predicted octanol–water partition coefficient (Wildman–Crippen LogP) is 4.13. The van der Waals surface area contributed by atoms with Gasteiger partial charge in [0.1, 0.15) is 22.9 Å². The van der Waals surface area contributed by atoms with Crippen molar-refractivity contribution in [1.82, 2.24) is 4.98 Å². The van der Waals surface area contributed by atoms with Crippen LogP contribution in [-0.2, 0) is 0 Å². The molecule has 0 saturated carbocycles.